The van der Waals surface area contributed by atoms with Crippen LogP contribution < -0.4 is 10.0 Å². The maximum atomic E-state index is 12.1. The zero-order chi connectivity index (χ0) is 15.5. The number of hydrogen-bond acceptors (Lipinski definition) is 5. The summed E-state index contributed by atoms with van der Waals surface area (Å²) in [5.74, 6) is -0.928. The van der Waals surface area contributed by atoms with Gasteiger partial charge in [-0.3, -0.25) is 14.3 Å². The average Bonchev–Trinajstić information content (AvgIpc) is 2.84. The van der Waals surface area contributed by atoms with E-state index in [1.807, 2.05) is 22.2 Å². The molecule has 0 atom stereocenters. The van der Waals surface area contributed by atoms with Gasteiger partial charge in [-0.25, -0.2) is 8.42 Å². The highest BCUT2D eigenvalue weighted by Gasteiger charge is 2.12. The third-order valence-electron chi connectivity index (χ3n) is 2.66. The Morgan fingerprint density at radius 2 is 2.00 bits per heavy atom. The molecule has 0 radical (unpaired) electrons. The maximum absolute atomic E-state index is 12.1. The fourth-order valence-corrected chi connectivity index (χ4v) is 3.24. The lowest BCUT2D eigenvalue weighted by Crippen LogP contribution is -2.33. The summed E-state index contributed by atoms with van der Waals surface area (Å²) >= 11 is 1.47. The van der Waals surface area contributed by atoms with E-state index in [0.29, 0.717) is 5.56 Å². The van der Waals surface area contributed by atoms with Gasteiger partial charge in [0.2, 0.25) is 15.9 Å². The number of carbonyl (C=O) groups excluding carboxylic acids is 2. The fourth-order valence-electron chi connectivity index (χ4n) is 1.81. The fraction of sp³-hybridized carbons (Fsp3) is 0.231. The molecule has 0 saturated carbocycles. The van der Waals surface area contributed by atoms with Crippen LogP contribution in [0.4, 0.5) is 0 Å². The molecule has 0 aliphatic heterocycles. The normalized spacial score (nSPS) is 11.3. The van der Waals surface area contributed by atoms with Crippen molar-refractivity contribution in [2.24, 2.45) is 0 Å². The van der Waals surface area contributed by atoms with Crippen molar-refractivity contribution in [2.75, 3.05) is 12.8 Å². The van der Waals surface area contributed by atoms with Gasteiger partial charge < -0.3 is 5.32 Å². The van der Waals surface area contributed by atoms with E-state index in [9.17, 15) is 18.0 Å². The molecule has 0 unspecified atom stereocenters. The first kappa shape index (κ1) is 15.5. The molecule has 8 heteroatoms. The minimum absolute atomic E-state index is 0.0714. The Labute approximate surface area is 126 Å². The maximum Gasteiger partial charge on any atom is 0.252 e. The van der Waals surface area contributed by atoms with Gasteiger partial charge in [-0.05, 0) is 22.9 Å². The van der Waals surface area contributed by atoms with Crippen molar-refractivity contribution < 1.29 is 18.0 Å². The molecule has 0 aliphatic carbocycles. The van der Waals surface area contributed by atoms with Crippen LogP contribution in [-0.4, -0.2) is 33.0 Å². The molecule has 2 N–H and O–H groups in total. The molecule has 0 spiro atoms. The summed E-state index contributed by atoms with van der Waals surface area (Å²) in [5, 5.41) is 5.50. The van der Waals surface area contributed by atoms with Crippen molar-refractivity contribution in [3.8, 4) is 0 Å². The van der Waals surface area contributed by atoms with Crippen LogP contribution in [0.15, 0.2) is 29.6 Å². The van der Waals surface area contributed by atoms with E-state index in [2.05, 4.69) is 5.32 Å². The topological polar surface area (TPSA) is 92.3 Å². The molecule has 21 heavy (non-hydrogen) atoms. The van der Waals surface area contributed by atoms with Crippen LogP contribution in [0, 0.1) is 0 Å². The second-order valence-electron chi connectivity index (χ2n) is 4.45. The summed E-state index contributed by atoms with van der Waals surface area (Å²) in [4.78, 5) is 23.4. The van der Waals surface area contributed by atoms with E-state index >= 15 is 0 Å². The van der Waals surface area contributed by atoms with Gasteiger partial charge in [0.25, 0.3) is 5.91 Å². The number of nitrogens with one attached hydrogen (secondary N) is 2. The lowest BCUT2D eigenvalue weighted by molar-refractivity contribution is -0.119. The predicted octanol–water partition coefficient (Wildman–Crippen LogP) is 1.10. The molecule has 0 saturated heterocycles. The number of rotatable bonds is 5. The van der Waals surface area contributed by atoms with Crippen molar-refractivity contribution in [3.63, 3.8) is 0 Å². The average molecular weight is 326 g/mol. The van der Waals surface area contributed by atoms with Crippen molar-refractivity contribution in [2.45, 2.75) is 6.42 Å². The number of hydrogen-bond donors (Lipinski definition) is 2. The summed E-state index contributed by atoms with van der Waals surface area (Å²) in [7, 11) is -3.56. The van der Waals surface area contributed by atoms with Crippen LogP contribution >= 0.6 is 11.3 Å². The highest BCUT2D eigenvalue weighted by Crippen LogP contribution is 2.24. The predicted molar refractivity (Wildman–Crippen MR) is 81.8 cm³/mol. The molecule has 0 bridgehead atoms. The van der Waals surface area contributed by atoms with Crippen molar-refractivity contribution in [1.82, 2.24) is 10.0 Å². The van der Waals surface area contributed by atoms with Gasteiger partial charge in [-0.15, -0.1) is 11.3 Å². The summed E-state index contributed by atoms with van der Waals surface area (Å²) in [6.45, 7) is 0.0714. The third kappa shape index (κ3) is 4.27. The molecular formula is C13H14N2O4S2. The van der Waals surface area contributed by atoms with Crippen molar-refractivity contribution in [3.05, 3.63) is 35.2 Å². The Morgan fingerprint density at radius 3 is 2.71 bits per heavy atom. The quantitative estimate of drug-likeness (QED) is 0.860. The SMILES string of the molecule is CS(=O)(=O)NC(=O)CCNC(=O)c1cccc2ccsc12. The Bertz CT molecular complexity index is 780. The number of amides is 2. The number of sulfonamides is 1. The van der Waals surface area contributed by atoms with Gasteiger partial charge in [-0.1, -0.05) is 12.1 Å². The van der Waals surface area contributed by atoms with Crippen molar-refractivity contribution >= 4 is 43.3 Å². The summed E-state index contributed by atoms with van der Waals surface area (Å²) in [6, 6.07) is 7.35. The molecule has 2 rings (SSSR count). The van der Waals surface area contributed by atoms with Gasteiger partial charge in [0.15, 0.2) is 0 Å². The lowest BCUT2D eigenvalue weighted by Gasteiger charge is -2.06. The van der Waals surface area contributed by atoms with Crippen LogP contribution in [0.2, 0.25) is 0 Å². The Morgan fingerprint density at radius 1 is 1.24 bits per heavy atom. The Kier molecular flexibility index (Phi) is 4.59. The van der Waals surface area contributed by atoms with Gasteiger partial charge in [-0.2, -0.15) is 0 Å². The van der Waals surface area contributed by atoms with E-state index in [1.165, 1.54) is 11.3 Å². The molecule has 6 nitrogen and oxygen atoms in total. The van der Waals surface area contributed by atoms with Crippen LogP contribution in [0.25, 0.3) is 10.1 Å². The van der Waals surface area contributed by atoms with Crippen LogP contribution in [0.1, 0.15) is 16.8 Å². The van der Waals surface area contributed by atoms with Gasteiger partial charge in [0.05, 0.1) is 11.8 Å². The molecule has 2 amide bonds. The molecule has 0 aliphatic rings. The highest BCUT2D eigenvalue weighted by atomic mass is 32.2. The second-order valence-corrected chi connectivity index (χ2v) is 7.11. The van der Waals surface area contributed by atoms with Crippen LogP contribution in [0.3, 0.4) is 0 Å². The zero-order valence-electron chi connectivity index (χ0n) is 11.3. The number of fused-ring (bicyclic) bond motifs is 1. The number of benzene rings is 1. The zero-order valence-corrected chi connectivity index (χ0v) is 12.9. The number of thiophene rings is 1. The lowest BCUT2D eigenvalue weighted by atomic mass is 10.1. The van der Waals surface area contributed by atoms with Gasteiger partial charge in [0, 0.05) is 17.7 Å². The van der Waals surface area contributed by atoms with Crippen LogP contribution in [0.5, 0.6) is 0 Å². The monoisotopic (exact) mass is 326 g/mol. The minimum atomic E-state index is -3.56. The van der Waals surface area contributed by atoms with E-state index in [0.717, 1.165) is 16.3 Å². The first-order valence-corrected chi connectivity index (χ1v) is 8.89. The molecule has 2 aromatic rings. The molecule has 112 valence electrons. The summed E-state index contributed by atoms with van der Waals surface area (Å²) in [5.41, 5.74) is 0.547. The summed E-state index contributed by atoms with van der Waals surface area (Å²) in [6.07, 6.45) is 0.806. The molecule has 1 heterocycles. The smallest absolute Gasteiger partial charge is 0.252 e. The first-order valence-electron chi connectivity index (χ1n) is 6.12. The summed E-state index contributed by atoms with van der Waals surface area (Å²) < 4.78 is 24.4. The first-order chi connectivity index (χ1) is 9.87. The third-order valence-corrected chi connectivity index (χ3v) is 4.22. The molecule has 1 aromatic heterocycles. The molecule has 0 fully saturated rings. The van der Waals surface area contributed by atoms with Gasteiger partial charge in [0.1, 0.15) is 0 Å². The largest absolute Gasteiger partial charge is 0.351 e. The van der Waals surface area contributed by atoms with E-state index in [1.54, 1.807) is 12.1 Å². The highest BCUT2D eigenvalue weighted by molar-refractivity contribution is 7.89. The second kappa shape index (κ2) is 6.23. The standard InChI is InChI=1S/C13H14N2O4S2/c1-21(18,19)15-11(16)5-7-14-13(17)10-4-2-3-9-6-8-20-12(9)10/h2-4,6,8H,5,7H2,1H3,(H,14,17)(H,15,16). The Hall–Kier alpha value is -1.93. The van der Waals surface area contributed by atoms with Crippen molar-refractivity contribution in [1.29, 1.82) is 0 Å². The number of carbonyl (C=O) groups is 2. The van der Waals surface area contributed by atoms with E-state index < -0.39 is 15.9 Å². The van der Waals surface area contributed by atoms with E-state index in [4.69, 9.17) is 0 Å². The minimum Gasteiger partial charge on any atom is -0.351 e. The van der Waals surface area contributed by atoms with Gasteiger partial charge >= 0.3 is 0 Å². The molecular weight excluding hydrogens is 312 g/mol. The Balaban J connectivity index is 1.94. The molecule has 1 aromatic carbocycles. The van der Waals surface area contributed by atoms with E-state index in [-0.39, 0.29) is 18.9 Å². The van der Waals surface area contributed by atoms with Crippen LogP contribution in [-0.2, 0) is 14.8 Å².